The summed E-state index contributed by atoms with van der Waals surface area (Å²) in [5.41, 5.74) is 1.87. The summed E-state index contributed by atoms with van der Waals surface area (Å²) < 4.78 is 13.0. The van der Waals surface area contributed by atoms with E-state index in [-0.39, 0.29) is 17.6 Å². The molecule has 1 fully saturated rings. The van der Waals surface area contributed by atoms with Crippen molar-refractivity contribution in [2.45, 2.75) is 31.6 Å². The highest BCUT2D eigenvalue weighted by molar-refractivity contribution is 5.76. The summed E-state index contributed by atoms with van der Waals surface area (Å²) in [6.45, 7) is 1.40. The summed E-state index contributed by atoms with van der Waals surface area (Å²) >= 11 is 0. The maximum atomic E-state index is 13.0. The zero-order valence-electron chi connectivity index (χ0n) is 16.5. The van der Waals surface area contributed by atoms with E-state index in [2.05, 4.69) is 25.3 Å². The van der Waals surface area contributed by atoms with Crippen LogP contribution in [0, 0.1) is 5.82 Å². The van der Waals surface area contributed by atoms with Gasteiger partial charge in [-0.15, -0.1) is 0 Å². The molecule has 1 atom stereocenters. The number of aryl methyl sites for hydroxylation is 1. The van der Waals surface area contributed by atoms with Gasteiger partial charge < -0.3 is 4.90 Å². The lowest BCUT2D eigenvalue weighted by atomic mass is 9.94. The van der Waals surface area contributed by atoms with Crippen LogP contribution in [-0.2, 0) is 11.2 Å². The van der Waals surface area contributed by atoms with Crippen molar-refractivity contribution in [3.63, 3.8) is 0 Å². The average molecular weight is 406 g/mol. The number of nitrogens with one attached hydrogen (secondary N) is 1. The molecular formula is C22H23FN6O. The molecule has 4 rings (SSSR count). The van der Waals surface area contributed by atoms with Gasteiger partial charge in [-0.1, -0.05) is 12.1 Å². The van der Waals surface area contributed by atoms with E-state index < -0.39 is 0 Å². The Balaban J connectivity index is 1.36. The molecule has 1 aliphatic heterocycles. The highest BCUT2D eigenvalue weighted by atomic mass is 19.1. The number of hydrogen-bond acceptors (Lipinski definition) is 6. The van der Waals surface area contributed by atoms with Crippen molar-refractivity contribution in [3.8, 4) is 0 Å². The standard InChI is InChI=1S/C22H23FN6O/c23-18-7-4-16(5-8-18)6-9-20(30)29-14-1-3-17(15-29)19-10-13-26-22(27-19)28-21-24-11-2-12-25-21/h2,4-5,7-8,10-13,17H,1,3,6,9,14-15H2,(H,24,25,26,27,28). The first kappa shape index (κ1) is 19.9. The first-order valence-electron chi connectivity index (χ1n) is 10.1. The van der Waals surface area contributed by atoms with E-state index in [4.69, 9.17) is 0 Å². The van der Waals surface area contributed by atoms with E-state index in [1.165, 1.54) is 12.1 Å². The van der Waals surface area contributed by atoms with E-state index >= 15 is 0 Å². The summed E-state index contributed by atoms with van der Waals surface area (Å²) in [6, 6.07) is 9.96. The van der Waals surface area contributed by atoms with Gasteiger partial charge in [0, 0.05) is 44.0 Å². The van der Waals surface area contributed by atoms with E-state index in [0.717, 1.165) is 30.6 Å². The van der Waals surface area contributed by atoms with Crippen LogP contribution < -0.4 is 5.32 Å². The Bertz CT molecular complexity index is 982. The minimum absolute atomic E-state index is 0.120. The smallest absolute Gasteiger partial charge is 0.229 e. The zero-order valence-corrected chi connectivity index (χ0v) is 16.5. The van der Waals surface area contributed by atoms with Gasteiger partial charge in [-0.2, -0.15) is 0 Å². The van der Waals surface area contributed by atoms with Crippen molar-refractivity contribution < 1.29 is 9.18 Å². The van der Waals surface area contributed by atoms with Crippen molar-refractivity contribution in [2.75, 3.05) is 18.4 Å². The number of carbonyl (C=O) groups is 1. The van der Waals surface area contributed by atoms with Crippen molar-refractivity contribution in [1.82, 2.24) is 24.8 Å². The molecule has 3 aromatic rings. The molecule has 0 saturated carbocycles. The zero-order chi connectivity index (χ0) is 20.8. The first-order chi connectivity index (χ1) is 14.7. The van der Waals surface area contributed by atoms with Crippen LogP contribution in [-0.4, -0.2) is 43.8 Å². The SMILES string of the molecule is O=C(CCc1ccc(F)cc1)N1CCCC(c2ccnc(Nc3ncccn3)n2)C1. The first-order valence-corrected chi connectivity index (χ1v) is 10.1. The van der Waals surface area contributed by atoms with Gasteiger partial charge in [0.2, 0.25) is 17.8 Å². The molecule has 1 saturated heterocycles. The minimum atomic E-state index is -0.263. The van der Waals surface area contributed by atoms with Gasteiger partial charge in [-0.05, 0) is 49.1 Å². The molecule has 1 aromatic carbocycles. The van der Waals surface area contributed by atoms with Gasteiger partial charge in [0.1, 0.15) is 5.82 Å². The predicted molar refractivity (Wildman–Crippen MR) is 111 cm³/mol. The van der Waals surface area contributed by atoms with Crippen LogP contribution in [0.5, 0.6) is 0 Å². The second-order valence-corrected chi connectivity index (χ2v) is 7.31. The third-order valence-electron chi connectivity index (χ3n) is 5.20. The second-order valence-electron chi connectivity index (χ2n) is 7.31. The van der Waals surface area contributed by atoms with Crippen LogP contribution in [0.15, 0.2) is 55.0 Å². The number of carbonyl (C=O) groups excluding carboxylic acids is 1. The maximum Gasteiger partial charge on any atom is 0.229 e. The van der Waals surface area contributed by atoms with E-state index in [1.807, 2.05) is 11.0 Å². The number of amides is 1. The van der Waals surface area contributed by atoms with Crippen molar-refractivity contribution in [3.05, 3.63) is 72.1 Å². The lowest BCUT2D eigenvalue weighted by Crippen LogP contribution is -2.39. The van der Waals surface area contributed by atoms with Crippen LogP contribution in [0.2, 0.25) is 0 Å². The number of piperidine rings is 1. The minimum Gasteiger partial charge on any atom is -0.342 e. The molecule has 2 aromatic heterocycles. The summed E-state index contributed by atoms with van der Waals surface area (Å²) in [5.74, 6) is 0.902. The van der Waals surface area contributed by atoms with Gasteiger partial charge in [-0.3, -0.25) is 10.1 Å². The van der Waals surface area contributed by atoms with Crippen LogP contribution in [0.25, 0.3) is 0 Å². The van der Waals surface area contributed by atoms with Gasteiger partial charge in [0.25, 0.3) is 0 Å². The normalized spacial score (nSPS) is 16.3. The van der Waals surface area contributed by atoms with Crippen molar-refractivity contribution >= 4 is 17.8 Å². The topological polar surface area (TPSA) is 83.9 Å². The number of hydrogen-bond donors (Lipinski definition) is 1. The monoisotopic (exact) mass is 406 g/mol. The number of aromatic nitrogens is 4. The van der Waals surface area contributed by atoms with Crippen molar-refractivity contribution in [1.29, 1.82) is 0 Å². The maximum absolute atomic E-state index is 13.0. The number of anilines is 2. The number of rotatable bonds is 6. The molecule has 1 unspecified atom stereocenters. The summed E-state index contributed by atoms with van der Waals surface area (Å²) in [5, 5.41) is 3.01. The highest BCUT2D eigenvalue weighted by Gasteiger charge is 2.25. The Morgan fingerprint density at radius 3 is 2.63 bits per heavy atom. The van der Waals surface area contributed by atoms with E-state index in [1.54, 1.807) is 36.8 Å². The molecule has 0 aliphatic carbocycles. The molecule has 1 aliphatic rings. The molecule has 0 spiro atoms. The van der Waals surface area contributed by atoms with E-state index in [9.17, 15) is 9.18 Å². The van der Waals surface area contributed by atoms with Crippen LogP contribution >= 0.6 is 0 Å². The summed E-state index contributed by atoms with van der Waals surface area (Å²) in [7, 11) is 0. The molecule has 3 heterocycles. The fourth-order valence-corrected chi connectivity index (χ4v) is 3.63. The van der Waals surface area contributed by atoms with Crippen LogP contribution in [0.4, 0.5) is 16.3 Å². The molecule has 1 amide bonds. The molecule has 154 valence electrons. The molecule has 1 N–H and O–H groups in total. The highest BCUT2D eigenvalue weighted by Crippen LogP contribution is 2.26. The molecule has 0 radical (unpaired) electrons. The Morgan fingerprint density at radius 2 is 1.83 bits per heavy atom. The quantitative estimate of drug-likeness (QED) is 0.675. The van der Waals surface area contributed by atoms with Gasteiger partial charge in [-0.25, -0.2) is 24.3 Å². The lowest BCUT2D eigenvalue weighted by molar-refractivity contribution is -0.132. The number of halogens is 1. The largest absolute Gasteiger partial charge is 0.342 e. The molecule has 0 bridgehead atoms. The number of benzene rings is 1. The Hall–Kier alpha value is -3.42. The second kappa shape index (κ2) is 9.39. The van der Waals surface area contributed by atoms with Gasteiger partial charge in [0.15, 0.2) is 0 Å². The van der Waals surface area contributed by atoms with Gasteiger partial charge >= 0.3 is 0 Å². The van der Waals surface area contributed by atoms with E-state index in [0.29, 0.717) is 31.3 Å². The fourth-order valence-electron chi connectivity index (χ4n) is 3.63. The molecule has 8 heteroatoms. The van der Waals surface area contributed by atoms with Crippen LogP contribution in [0.3, 0.4) is 0 Å². The number of nitrogens with zero attached hydrogens (tertiary/aromatic N) is 5. The van der Waals surface area contributed by atoms with Crippen molar-refractivity contribution in [2.24, 2.45) is 0 Å². The summed E-state index contributed by atoms with van der Waals surface area (Å²) in [6.07, 6.45) is 7.94. The summed E-state index contributed by atoms with van der Waals surface area (Å²) in [4.78, 5) is 31.7. The molecular weight excluding hydrogens is 383 g/mol. The third-order valence-corrected chi connectivity index (χ3v) is 5.20. The fraction of sp³-hybridized carbons (Fsp3) is 0.318. The lowest BCUT2D eigenvalue weighted by Gasteiger charge is -2.32. The molecule has 7 nitrogen and oxygen atoms in total. The van der Waals surface area contributed by atoms with Crippen LogP contribution in [0.1, 0.15) is 36.4 Å². The molecule has 30 heavy (non-hydrogen) atoms. The third kappa shape index (κ3) is 5.14. The Morgan fingerprint density at radius 1 is 1.07 bits per heavy atom. The average Bonchev–Trinajstić information content (AvgIpc) is 2.79. The predicted octanol–water partition coefficient (Wildman–Crippen LogP) is 3.49. The Kier molecular flexibility index (Phi) is 6.22. The number of likely N-dealkylation sites (tertiary alicyclic amines) is 1. The Labute approximate surface area is 174 Å². The van der Waals surface area contributed by atoms with Gasteiger partial charge in [0.05, 0.1) is 5.69 Å².